The molecule has 1 fully saturated rings. The number of hydrogen-bond donors (Lipinski definition) is 1. The zero-order valence-electron chi connectivity index (χ0n) is 20.8. The van der Waals surface area contributed by atoms with E-state index in [2.05, 4.69) is 88.0 Å². The normalized spacial score (nSPS) is 14.8. The summed E-state index contributed by atoms with van der Waals surface area (Å²) < 4.78 is 2.15. The summed E-state index contributed by atoms with van der Waals surface area (Å²) in [6.07, 6.45) is 1.88. The molecule has 6 heteroatoms. The molecule has 1 saturated heterocycles. The minimum Gasteiger partial charge on any atom is -0.369 e. The van der Waals surface area contributed by atoms with Gasteiger partial charge < -0.3 is 14.8 Å². The van der Waals surface area contributed by atoms with Crippen LogP contribution in [0.15, 0.2) is 54.7 Å². The molecule has 3 heterocycles. The standard InChI is InChI=1S/C28H34N6/c1-19(2)33-12-14-34(15-13-33)24-9-7-22(8-10-24)23-16-25(31-27-11-6-20(3)18-29-27)28-26(17-23)32(5)21(4)30-28/h6-11,16-19H,12-15H2,1-5H3,(H,29,31). The van der Waals surface area contributed by atoms with Crippen LogP contribution in [0.3, 0.4) is 0 Å². The summed E-state index contributed by atoms with van der Waals surface area (Å²) in [7, 11) is 2.07. The predicted octanol–water partition coefficient (Wildman–Crippen LogP) is 5.53. The first-order valence-corrected chi connectivity index (χ1v) is 12.2. The van der Waals surface area contributed by atoms with Crippen LogP contribution in [-0.4, -0.2) is 51.7 Å². The van der Waals surface area contributed by atoms with E-state index in [9.17, 15) is 0 Å². The Bertz CT molecular complexity index is 1280. The van der Waals surface area contributed by atoms with Crippen LogP contribution >= 0.6 is 0 Å². The third-order valence-corrected chi connectivity index (χ3v) is 6.99. The summed E-state index contributed by atoms with van der Waals surface area (Å²) in [5.41, 5.74) is 7.85. The second kappa shape index (κ2) is 9.11. The largest absolute Gasteiger partial charge is 0.369 e. The van der Waals surface area contributed by atoms with E-state index in [0.717, 1.165) is 60.1 Å². The molecule has 1 aliphatic heterocycles. The van der Waals surface area contributed by atoms with Crippen molar-refractivity contribution in [1.82, 2.24) is 19.4 Å². The Kier molecular flexibility index (Phi) is 6.00. The maximum absolute atomic E-state index is 4.82. The Labute approximate surface area is 202 Å². The highest BCUT2D eigenvalue weighted by atomic mass is 15.3. The van der Waals surface area contributed by atoms with Gasteiger partial charge in [-0.25, -0.2) is 9.97 Å². The van der Waals surface area contributed by atoms with Crippen LogP contribution in [0.25, 0.3) is 22.2 Å². The molecular formula is C28H34N6. The second-order valence-corrected chi connectivity index (χ2v) is 9.62. The van der Waals surface area contributed by atoms with Gasteiger partial charge in [0.15, 0.2) is 0 Å². The zero-order valence-corrected chi connectivity index (χ0v) is 20.8. The van der Waals surface area contributed by atoms with E-state index in [4.69, 9.17) is 4.98 Å². The van der Waals surface area contributed by atoms with Crippen LogP contribution in [0.5, 0.6) is 0 Å². The number of anilines is 3. The van der Waals surface area contributed by atoms with Gasteiger partial charge in [0, 0.05) is 51.2 Å². The number of rotatable bonds is 5. The topological polar surface area (TPSA) is 49.2 Å². The lowest BCUT2D eigenvalue weighted by Gasteiger charge is -2.38. The van der Waals surface area contributed by atoms with E-state index < -0.39 is 0 Å². The molecule has 4 aromatic rings. The second-order valence-electron chi connectivity index (χ2n) is 9.62. The van der Waals surface area contributed by atoms with Crippen LogP contribution < -0.4 is 10.2 Å². The number of fused-ring (bicyclic) bond motifs is 1. The van der Waals surface area contributed by atoms with Crippen LogP contribution in [-0.2, 0) is 7.05 Å². The smallest absolute Gasteiger partial charge is 0.130 e. The third-order valence-electron chi connectivity index (χ3n) is 6.99. The molecule has 0 saturated carbocycles. The quantitative estimate of drug-likeness (QED) is 0.430. The van der Waals surface area contributed by atoms with E-state index in [1.807, 2.05) is 26.1 Å². The van der Waals surface area contributed by atoms with Crippen molar-refractivity contribution in [2.75, 3.05) is 36.4 Å². The highest BCUT2D eigenvalue weighted by Gasteiger charge is 2.19. The summed E-state index contributed by atoms with van der Waals surface area (Å²) in [5.74, 6) is 1.81. The highest BCUT2D eigenvalue weighted by Crippen LogP contribution is 2.33. The number of imidazole rings is 1. The van der Waals surface area contributed by atoms with Crippen LogP contribution in [0.2, 0.25) is 0 Å². The van der Waals surface area contributed by atoms with Gasteiger partial charge in [0.2, 0.25) is 0 Å². The molecule has 0 aliphatic carbocycles. The average Bonchev–Trinajstić information content (AvgIpc) is 3.14. The molecule has 2 aromatic carbocycles. The van der Waals surface area contributed by atoms with Gasteiger partial charge in [0.25, 0.3) is 0 Å². The molecule has 0 unspecified atom stereocenters. The molecule has 1 aliphatic rings. The van der Waals surface area contributed by atoms with Gasteiger partial charge in [-0.05, 0) is 74.7 Å². The number of nitrogens with one attached hydrogen (secondary N) is 1. The molecule has 1 N–H and O–H groups in total. The maximum Gasteiger partial charge on any atom is 0.130 e. The van der Waals surface area contributed by atoms with Crippen molar-refractivity contribution in [2.24, 2.45) is 7.05 Å². The third kappa shape index (κ3) is 4.38. The zero-order chi connectivity index (χ0) is 23.8. The lowest BCUT2D eigenvalue weighted by molar-refractivity contribution is 0.209. The number of aromatic nitrogens is 3. The first-order chi connectivity index (χ1) is 16.4. The summed E-state index contributed by atoms with van der Waals surface area (Å²) >= 11 is 0. The number of hydrogen-bond acceptors (Lipinski definition) is 5. The van der Waals surface area contributed by atoms with Crippen LogP contribution in [0.4, 0.5) is 17.2 Å². The van der Waals surface area contributed by atoms with E-state index in [0.29, 0.717) is 6.04 Å². The number of nitrogens with zero attached hydrogens (tertiary/aromatic N) is 5. The van der Waals surface area contributed by atoms with E-state index in [-0.39, 0.29) is 0 Å². The lowest BCUT2D eigenvalue weighted by atomic mass is 10.0. The van der Waals surface area contributed by atoms with Gasteiger partial charge in [-0.1, -0.05) is 18.2 Å². The lowest BCUT2D eigenvalue weighted by Crippen LogP contribution is -2.48. The van der Waals surface area contributed by atoms with Gasteiger partial charge in [0.05, 0.1) is 11.2 Å². The summed E-state index contributed by atoms with van der Waals surface area (Å²) in [5, 5.41) is 3.50. The first-order valence-electron chi connectivity index (χ1n) is 12.2. The van der Waals surface area contributed by atoms with Crippen molar-refractivity contribution in [2.45, 2.75) is 33.7 Å². The van der Waals surface area contributed by atoms with E-state index in [1.165, 1.54) is 16.8 Å². The molecule has 0 radical (unpaired) electrons. The van der Waals surface area contributed by atoms with Crippen molar-refractivity contribution >= 4 is 28.2 Å². The molecule has 0 atom stereocenters. The fourth-order valence-corrected chi connectivity index (χ4v) is 4.71. The molecular weight excluding hydrogens is 420 g/mol. The Morgan fingerprint density at radius 3 is 2.26 bits per heavy atom. The molecule has 5 rings (SSSR count). The number of aryl methyl sites for hydroxylation is 3. The average molecular weight is 455 g/mol. The number of benzene rings is 2. The van der Waals surface area contributed by atoms with Gasteiger partial charge >= 0.3 is 0 Å². The molecule has 176 valence electrons. The van der Waals surface area contributed by atoms with Crippen LogP contribution in [0, 0.1) is 13.8 Å². The fraction of sp³-hybridized carbons (Fsp3) is 0.357. The van der Waals surface area contributed by atoms with E-state index >= 15 is 0 Å². The van der Waals surface area contributed by atoms with Gasteiger partial charge in [-0.3, -0.25) is 4.90 Å². The van der Waals surface area contributed by atoms with Crippen molar-refractivity contribution in [3.63, 3.8) is 0 Å². The predicted molar refractivity (Wildman–Crippen MR) is 142 cm³/mol. The molecule has 2 aromatic heterocycles. The monoisotopic (exact) mass is 454 g/mol. The first kappa shape index (κ1) is 22.4. The Morgan fingerprint density at radius 2 is 1.62 bits per heavy atom. The SMILES string of the molecule is Cc1ccc(Nc2cc(-c3ccc(N4CCN(C(C)C)CC4)cc3)cc3c2nc(C)n3C)nc1. The number of piperazine rings is 1. The van der Waals surface area contributed by atoms with Crippen molar-refractivity contribution in [1.29, 1.82) is 0 Å². The molecule has 0 spiro atoms. The molecule has 0 bridgehead atoms. The van der Waals surface area contributed by atoms with Gasteiger partial charge in [-0.15, -0.1) is 0 Å². The highest BCUT2D eigenvalue weighted by molar-refractivity contribution is 5.95. The summed E-state index contributed by atoms with van der Waals surface area (Å²) in [6, 6.07) is 18.1. The maximum atomic E-state index is 4.82. The van der Waals surface area contributed by atoms with Crippen molar-refractivity contribution < 1.29 is 0 Å². The Morgan fingerprint density at radius 1 is 0.882 bits per heavy atom. The summed E-state index contributed by atoms with van der Waals surface area (Å²) in [6.45, 7) is 13.1. The molecule has 6 nitrogen and oxygen atoms in total. The van der Waals surface area contributed by atoms with E-state index in [1.54, 1.807) is 0 Å². The summed E-state index contributed by atoms with van der Waals surface area (Å²) in [4.78, 5) is 14.4. The Hall–Kier alpha value is -3.38. The molecule has 0 amide bonds. The minimum absolute atomic E-state index is 0.619. The van der Waals surface area contributed by atoms with Crippen LogP contribution in [0.1, 0.15) is 25.2 Å². The Balaban J connectivity index is 1.45. The molecule has 34 heavy (non-hydrogen) atoms. The van der Waals surface area contributed by atoms with Crippen molar-refractivity contribution in [3.05, 3.63) is 66.1 Å². The minimum atomic E-state index is 0.619. The van der Waals surface area contributed by atoms with Gasteiger partial charge in [0.1, 0.15) is 17.2 Å². The van der Waals surface area contributed by atoms with Crippen molar-refractivity contribution in [3.8, 4) is 11.1 Å². The van der Waals surface area contributed by atoms with Gasteiger partial charge in [-0.2, -0.15) is 0 Å². The fourth-order valence-electron chi connectivity index (χ4n) is 4.71. The number of pyridine rings is 1.